The molecule has 5 nitrogen and oxygen atoms in total. The number of unbranched alkanes of at least 4 members (excludes halogenated alkanes) is 1. The van der Waals surface area contributed by atoms with E-state index in [1.54, 1.807) is 11.1 Å². The molecule has 1 amide bonds. The average Bonchev–Trinajstić information content (AvgIpc) is 2.78. The average molecular weight is 397 g/mol. The lowest BCUT2D eigenvalue weighted by Crippen LogP contribution is -2.43. The van der Waals surface area contributed by atoms with Crippen LogP contribution in [-0.2, 0) is 6.42 Å². The third-order valence-electron chi connectivity index (χ3n) is 5.07. The fraction of sp³-hybridized carbons (Fsp3) is 0.500. The summed E-state index contributed by atoms with van der Waals surface area (Å²) in [6.07, 6.45) is 5.19. The number of nitrogens with zero attached hydrogens (tertiary/aromatic N) is 3. The summed E-state index contributed by atoms with van der Waals surface area (Å²) < 4.78 is 0. The van der Waals surface area contributed by atoms with Gasteiger partial charge in [0.1, 0.15) is 0 Å². The number of pyridine rings is 1. The fourth-order valence-corrected chi connectivity index (χ4v) is 3.14. The highest BCUT2D eigenvalue weighted by atomic mass is 16.2. The number of nitrogens with one attached hydrogen (secondary N) is 1. The van der Waals surface area contributed by atoms with Gasteiger partial charge in [0.05, 0.1) is 0 Å². The van der Waals surface area contributed by atoms with Crippen molar-refractivity contribution in [1.29, 1.82) is 0 Å². The van der Waals surface area contributed by atoms with Crippen molar-refractivity contribution in [3.63, 3.8) is 0 Å². The maximum Gasteiger partial charge on any atom is 0.253 e. The predicted molar refractivity (Wildman–Crippen MR) is 122 cm³/mol. The van der Waals surface area contributed by atoms with Gasteiger partial charge in [0.15, 0.2) is 0 Å². The zero-order chi connectivity index (χ0) is 21.1. The van der Waals surface area contributed by atoms with E-state index in [1.807, 2.05) is 37.4 Å². The van der Waals surface area contributed by atoms with Gasteiger partial charge in [-0.05, 0) is 42.8 Å². The summed E-state index contributed by atoms with van der Waals surface area (Å²) >= 11 is 0. The van der Waals surface area contributed by atoms with E-state index in [0.29, 0.717) is 6.54 Å². The highest BCUT2D eigenvalue weighted by molar-refractivity contribution is 5.95. The molecule has 1 aromatic heterocycles. The molecule has 3 rings (SSSR count). The summed E-state index contributed by atoms with van der Waals surface area (Å²) in [7, 11) is 1.86. The van der Waals surface area contributed by atoms with Crippen LogP contribution in [0.3, 0.4) is 0 Å². The minimum absolute atomic E-state index is 0.0658. The smallest absolute Gasteiger partial charge is 0.253 e. The van der Waals surface area contributed by atoms with Gasteiger partial charge in [0.25, 0.3) is 5.91 Å². The molecule has 0 bridgehead atoms. The zero-order valence-electron chi connectivity index (χ0n) is 18.4. The molecule has 1 aromatic carbocycles. The molecule has 1 saturated heterocycles. The molecule has 0 unspecified atom stereocenters. The van der Waals surface area contributed by atoms with E-state index in [2.05, 4.69) is 42.0 Å². The second-order valence-electron chi connectivity index (χ2n) is 7.59. The molecule has 0 spiro atoms. The van der Waals surface area contributed by atoms with E-state index >= 15 is 0 Å². The summed E-state index contributed by atoms with van der Waals surface area (Å²) in [5.74, 6) is 0.0658. The SMILES string of the molecule is CCCC.Cc1cc(C(=O)N(C)CCc2ccccn2)cc(N2CCNCC2)c1. The second kappa shape index (κ2) is 12.2. The van der Waals surface area contributed by atoms with Crippen LogP contribution in [0.1, 0.15) is 48.3 Å². The first-order chi connectivity index (χ1) is 14.0. The van der Waals surface area contributed by atoms with Crippen molar-refractivity contribution in [3.05, 3.63) is 59.4 Å². The van der Waals surface area contributed by atoms with Gasteiger partial charge >= 0.3 is 0 Å². The minimum Gasteiger partial charge on any atom is -0.369 e. The molecule has 158 valence electrons. The van der Waals surface area contributed by atoms with Gasteiger partial charge in [-0.1, -0.05) is 32.8 Å². The largest absolute Gasteiger partial charge is 0.369 e. The van der Waals surface area contributed by atoms with Gasteiger partial charge in [-0.15, -0.1) is 0 Å². The van der Waals surface area contributed by atoms with Crippen LogP contribution in [0.2, 0.25) is 0 Å². The minimum atomic E-state index is 0.0658. The number of hydrogen-bond donors (Lipinski definition) is 1. The lowest BCUT2D eigenvalue weighted by Gasteiger charge is -2.30. The van der Waals surface area contributed by atoms with Gasteiger partial charge in [-0.2, -0.15) is 0 Å². The first-order valence-corrected chi connectivity index (χ1v) is 10.8. The maximum atomic E-state index is 12.8. The van der Waals surface area contributed by atoms with Crippen LogP contribution in [0.15, 0.2) is 42.6 Å². The number of amides is 1. The topological polar surface area (TPSA) is 48.5 Å². The van der Waals surface area contributed by atoms with Gasteiger partial charge < -0.3 is 15.1 Å². The molecule has 29 heavy (non-hydrogen) atoms. The lowest BCUT2D eigenvalue weighted by molar-refractivity contribution is 0.0796. The van der Waals surface area contributed by atoms with Crippen LogP contribution in [0.4, 0.5) is 5.69 Å². The monoisotopic (exact) mass is 396 g/mol. The van der Waals surface area contributed by atoms with E-state index < -0.39 is 0 Å². The van der Waals surface area contributed by atoms with Crippen molar-refractivity contribution in [2.24, 2.45) is 0 Å². The molecule has 0 radical (unpaired) electrons. The summed E-state index contributed by atoms with van der Waals surface area (Å²) in [6.45, 7) is 11.0. The number of rotatable bonds is 6. The van der Waals surface area contributed by atoms with Crippen molar-refractivity contribution in [2.45, 2.75) is 40.0 Å². The Hall–Kier alpha value is -2.40. The number of carbonyl (C=O) groups is 1. The molecular weight excluding hydrogens is 360 g/mol. The Morgan fingerprint density at radius 2 is 1.86 bits per heavy atom. The van der Waals surface area contributed by atoms with Crippen molar-refractivity contribution in [3.8, 4) is 0 Å². The Morgan fingerprint density at radius 1 is 1.14 bits per heavy atom. The molecule has 1 aliphatic heterocycles. The number of aromatic nitrogens is 1. The fourth-order valence-electron chi connectivity index (χ4n) is 3.14. The third-order valence-corrected chi connectivity index (χ3v) is 5.07. The standard InChI is InChI=1S/C20H26N4O.C4H10/c1-16-13-17(15-19(14-16)24-11-8-21-9-12-24)20(25)23(2)10-6-18-5-3-4-7-22-18;1-3-4-2/h3-5,7,13-15,21H,6,8-12H2,1-2H3;3-4H2,1-2H3. The third kappa shape index (κ3) is 7.50. The quantitative estimate of drug-likeness (QED) is 0.804. The van der Waals surface area contributed by atoms with E-state index in [1.165, 1.54) is 12.8 Å². The van der Waals surface area contributed by atoms with E-state index in [0.717, 1.165) is 55.1 Å². The van der Waals surface area contributed by atoms with Crippen LogP contribution in [0.25, 0.3) is 0 Å². The number of carbonyl (C=O) groups excluding carboxylic acids is 1. The van der Waals surface area contributed by atoms with Gasteiger partial charge in [0, 0.05) is 69.3 Å². The van der Waals surface area contributed by atoms with Crippen LogP contribution in [-0.4, -0.2) is 55.6 Å². The summed E-state index contributed by atoms with van der Waals surface area (Å²) in [5, 5.41) is 3.36. The summed E-state index contributed by atoms with van der Waals surface area (Å²) in [4.78, 5) is 21.3. The number of benzene rings is 1. The Labute approximate surface area is 176 Å². The molecule has 1 aliphatic rings. The van der Waals surface area contributed by atoms with Crippen LogP contribution < -0.4 is 10.2 Å². The lowest BCUT2D eigenvalue weighted by atomic mass is 10.1. The highest BCUT2D eigenvalue weighted by Crippen LogP contribution is 2.20. The molecule has 5 heteroatoms. The van der Waals surface area contributed by atoms with Crippen molar-refractivity contribution < 1.29 is 4.79 Å². The molecule has 0 atom stereocenters. The Morgan fingerprint density at radius 3 is 2.48 bits per heavy atom. The second-order valence-corrected chi connectivity index (χ2v) is 7.59. The molecule has 0 saturated carbocycles. The normalized spacial score (nSPS) is 13.4. The Kier molecular flexibility index (Phi) is 9.65. The van der Waals surface area contributed by atoms with Crippen molar-refractivity contribution >= 4 is 11.6 Å². The van der Waals surface area contributed by atoms with Crippen LogP contribution in [0.5, 0.6) is 0 Å². The number of piperazine rings is 1. The van der Waals surface area contributed by atoms with Crippen molar-refractivity contribution in [1.82, 2.24) is 15.2 Å². The summed E-state index contributed by atoms with van der Waals surface area (Å²) in [5.41, 5.74) is 4.03. The number of aryl methyl sites for hydroxylation is 1. The number of likely N-dealkylation sites (N-methyl/N-ethyl adjacent to an activating group) is 1. The summed E-state index contributed by atoms with van der Waals surface area (Å²) in [6, 6.07) is 12.0. The molecule has 1 N–H and O–H groups in total. The number of hydrogen-bond acceptors (Lipinski definition) is 4. The van der Waals surface area contributed by atoms with Gasteiger partial charge in [0.2, 0.25) is 0 Å². The molecule has 0 aliphatic carbocycles. The Bertz CT molecular complexity index is 740. The maximum absolute atomic E-state index is 12.8. The number of anilines is 1. The molecule has 2 heterocycles. The molecule has 2 aromatic rings. The van der Waals surface area contributed by atoms with Gasteiger partial charge in [-0.25, -0.2) is 0 Å². The Balaban J connectivity index is 0.000000687. The zero-order valence-corrected chi connectivity index (χ0v) is 18.4. The van der Waals surface area contributed by atoms with E-state index in [9.17, 15) is 4.79 Å². The van der Waals surface area contributed by atoms with Gasteiger partial charge in [-0.3, -0.25) is 9.78 Å². The predicted octanol–water partition coefficient (Wildman–Crippen LogP) is 3.92. The van der Waals surface area contributed by atoms with Crippen LogP contribution in [0, 0.1) is 6.92 Å². The van der Waals surface area contributed by atoms with Crippen LogP contribution >= 0.6 is 0 Å². The van der Waals surface area contributed by atoms with E-state index in [-0.39, 0.29) is 5.91 Å². The highest BCUT2D eigenvalue weighted by Gasteiger charge is 2.16. The molecule has 1 fully saturated rings. The first-order valence-electron chi connectivity index (χ1n) is 10.8. The first kappa shape index (κ1) is 22.9. The molecular formula is C24H36N4O. The van der Waals surface area contributed by atoms with E-state index in [4.69, 9.17) is 0 Å². The van der Waals surface area contributed by atoms with Crippen molar-refractivity contribution in [2.75, 3.05) is 44.7 Å².